The molecule has 2 nitrogen and oxygen atoms in total. The maximum Gasteiger partial charge on any atom is 0.125 e. The maximum absolute atomic E-state index is 6.43. The maximum atomic E-state index is 6.43. The lowest BCUT2D eigenvalue weighted by molar-refractivity contribution is -0.0421. The van der Waals surface area contributed by atoms with Crippen molar-refractivity contribution in [1.29, 1.82) is 0 Å². The first-order valence-corrected chi connectivity index (χ1v) is 7.63. The second-order valence-electron chi connectivity index (χ2n) is 6.54. The lowest BCUT2D eigenvalue weighted by Gasteiger charge is -2.40. The van der Waals surface area contributed by atoms with Crippen LogP contribution in [0.2, 0.25) is 0 Å². The first kappa shape index (κ1) is 12.9. The topological polar surface area (TPSA) is 18.5 Å². The number of benzene rings is 2. The lowest BCUT2D eigenvalue weighted by Crippen LogP contribution is -2.42. The Balaban J connectivity index is 1.73. The Morgan fingerprint density at radius 1 is 0.952 bits per heavy atom. The van der Waals surface area contributed by atoms with Crippen LogP contribution in [-0.4, -0.2) is 5.60 Å². The van der Waals surface area contributed by atoms with E-state index in [2.05, 4.69) is 50.2 Å². The summed E-state index contributed by atoms with van der Waals surface area (Å²) in [5.41, 5.74) is 2.27. The first-order valence-electron chi connectivity index (χ1n) is 7.63. The highest BCUT2D eigenvalue weighted by atomic mass is 16.5. The van der Waals surface area contributed by atoms with Gasteiger partial charge in [0.15, 0.2) is 0 Å². The van der Waals surface area contributed by atoms with E-state index < -0.39 is 0 Å². The minimum Gasteiger partial charge on any atom is -0.487 e. The average Bonchev–Trinajstić information content (AvgIpc) is 2.94. The molecule has 2 aromatic carbocycles. The summed E-state index contributed by atoms with van der Waals surface area (Å²) in [6, 6.07) is 18.8. The van der Waals surface area contributed by atoms with E-state index in [1.807, 2.05) is 18.2 Å². The van der Waals surface area contributed by atoms with Crippen LogP contribution < -0.4 is 4.74 Å². The predicted octanol–water partition coefficient (Wildman–Crippen LogP) is 4.68. The number of hydrogen-bond acceptors (Lipinski definition) is 2. The minimum absolute atomic E-state index is 0.134. The third-order valence-corrected chi connectivity index (χ3v) is 4.81. The van der Waals surface area contributed by atoms with Crippen LogP contribution in [0, 0.1) is 5.92 Å². The zero-order valence-electron chi connectivity index (χ0n) is 12.5. The second kappa shape index (κ2) is 4.60. The van der Waals surface area contributed by atoms with Gasteiger partial charge in [0, 0.05) is 11.5 Å². The fourth-order valence-electron chi connectivity index (χ4n) is 3.67. The standard InChI is InChI=1S/C19H20O2/c1-19(2)15-12-17(13-8-4-3-5-9-13)20-18(15)14-10-6-7-11-16(14)21-19/h3-11,15,17-18H,12H2,1-2H3/t15-,17+,18+/m0/s1. The summed E-state index contributed by atoms with van der Waals surface area (Å²) in [5, 5.41) is 0. The fraction of sp³-hybridized carbons (Fsp3) is 0.368. The highest BCUT2D eigenvalue weighted by Crippen LogP contribution is 2.55. The van der Waals surface area contributed by atoms with Gasteiger partial charge in [-0.2, -0.15) is 0 Å². The molecule has 0 saturated carbocycles. The molecular formula is C19H20O2. The van der Waals surface area contributed by atoms with Crippen LogP contribution in [0.3, 0.4) is 0 Å². The molecule has 0 N–H and O–H groups in total. The first-order chi connectivity index (χ1) is 10.1. The van der Waals surface area contributed by atoms with E-state index in [0.29, 0.717) is 5.92 Å². The van der Waals surface area contributed by atoms with E-state index in [1.54, 1.807) is 0 Å². The highest BCUT2D eigenvalue weighted by Gasteiger charge is 2.50. The summed E-state index contributed by atoms with van der Waals surface area (Å²) in [5.74, 6) is 1.36. The van der Waals surface area contributed by atoms with E-state index in [9.17, 15) is 0 Å². The van der Waals surface area contributed by atoms with Crippen LogP contribution in [0.15, 0.2) is 54.6 Å². The van der Waals surface area contributed by atoms with Gasteiger partial charge in [-0.3, -0.25) is 0 Å². The summed E-state index contributed by atoms with van der Waals surface area (Å²) >= 11 is 0. The molecule has 0 amide bonds. The molecule has 0 unspecified atom stereocenters. The monoisotopic (exact) mass is 280 g/mol. The van der Waals surface area contributed by atoms with Gasteiger partial charge in [-0.05, 0) is 31.9 Å². The van der Waals surface area contributed by atoms with Gasteiger partial charge in [-0.1, -0.05) is 48.5 Å². The van der Waals surface area contributed by atoms with E-state index in [1.165, 1.54) is 11.1 Å². The number of hydrogen-bond donors (Lipinski definition) is 0. The third-order valence-electron chi connectivity index (χ3n) is 4.81. The number of fused-ring (bicyclic) bond motifs is 3. The van der Waals surface area contributed by atoms with E-state index in [-0.39, 0.29) is 17.8 Å². The van der Waals surface area contributed by atoms with Crippen LogP contribution >= 0.6 is 0 Å². The van der Waals surface area contributed by atoms with Crippen LogP contribution in [0.25, 0.3) is 0 Å². The molecule has 0 radical (unpaired) electrons. The summed E-state index contributed by atoms with van der Waals surface area (Å²) in [4.78, 5) is 0. The molecule has 0 aromatic heterocycles. The SMILES string of the molecule is CC1(C)Oc2ccccc2[C@H]2O[C@@H](c3ccccc3)C[C@@H]21. The van der Waals surface area contributed by atoms with Crippen LogP contribution in [0.5, 0.6) is 5.75 Å². The Hall–Kier alpha value is -1.80. The van der Waals surface area contributed by atoms with Crippen molar-refractivity contribution in [1.82, 2.24) is 0 Å². The Morgan fingerprint density at radius 2 is 1.67 bits per heavy atom. The van der Waals surface area contributed by atoms with Crippen molar-refractivity contribution in [3.63, 3.8) is 0 Å². The smallest absolute Gasteiger partial charge is 0.125 e. The van der Waals surface area contributed by atoms with Crippen molar-refractivity contribution < 1.29 is 9.47 Å². The quantitative estimate of drug-likeness (QED) is 0.755. The highest BCUT2D eigenvalue weighted by molar-refractivity contribution is 5.40. The third kappa shape index (κ3) is 2.06. The molecule has 2 aliphatic heterocycles. The van der Waals surface area contributed by atoms with Crippen molar-refractivity contribution in [3.05, 3.63) is 65.7 Å². The Labute approximate surface area is 125 Å². The summed E-state index contributed by atoms with van der Waals surface area (Å²) < 4.78 is 12.7. The molecule has 108 valence electrons. The molecule has 1 saturated heterocycles. The molecule has 0 bridgehead atoms. The summed E-state index contributed by atoms with van der Waals surface area (Å²) in [6.45, 7) is 4.36. The number of para-hydroxylation sites is 1. The van der Waals surface area contributed by atoms with Gasteiger partial charge < -0.3 is 9.47 Å². The molecular weight excluding hydrogens is 260 g/mol. The van der Waals surface area contributed by atoms with E-state index >= 15 is 0 Å². The van der Waals surface area contributed by atoms with E-state index in [0.717, 1.165) is 12.2 Å². The van der Waals surface area contributed by atoms with E-state index in [4.69, 9.17) is 9.47 Å². The average molecular weight is 280 g/mol. The molecule has 3 atom stereocenters. The van der Waals surface area contributed by atoms with Crippen LogP contribution in [0.4, 0.5) is 0 Å². The molecule has 2 aromatic rings. The predicted molar refractivity (Wildman–Crippen MR) is 82.3 cm³/mol. The molecule has 0 aliphatic carbocycles. The molecule has 1 fully saturated rings. The largest absolute Gasteiger partial charge is 0.487 e. The zero-order valence-corrected chi connectivity index (χ0v) is 12.5. The van der Waals surface area contributed by atoms with Gasteiger partial charge >= 0.3 is 0 Å². The van der Waals surface area contributed by atoms with Crippen molar-refractivity contribution in [2.24, 2.45) is 5.92 Å². The van der Waals surface area contributed by atoms with Gasteiger partial charge in [0.1, 0.15) is 11.4 Å². The normalized spacial score (nSPS) is 29.3. The van der Waals surface area contributed by atoms with Gasteiger partial charge in [0.05, 0.1) is 12.2 Å². The number of rotatable bonds is 1. The van der Waals surface area contributed by atoms with Crippen molar-refractivity contribution in [3.8, 4) is 5.75 Å². The molecule has 2 heterocycles. The van der Waals surface area contributed by atoms with Crippen molar-refractivity contribution in [2.75, 3.05) is 0 Å². The molecule has 2 aliphatic rings. The zero-order chi connectivity index (χ0) is 14.4. The Bertz CT molecular complexity index is 648. The number of ether oxygens (including phenoxy) is 2. The second-order valence-corrected chi connectivity index (χ2v) is 6.54. The van der Waals surface area contributed by atoms with Gasteiger partial charge in [-0.25, -0.2) is 0 Å². The van der Waals surface area contributed by atoms with Crippen molar-refractivity contribution in [2.45, 2.75) is 38.1 Å². The van der Waals surface area contributed by atoms with Crippen LogP contribution in [-0.2, 0) is 4.74 Å². The van der Waals surface area contributed by atoms with Gasteiger partial charge in [0.2, 0.25) is 0 Å². The van der Waals surface area contributed by atoms with Crippen molar-refractivity contribution >= 4 is 0 Å². The summed E-state index contributed by atoms with van der Waals surface area (Å²) in [6.07, 6.45) is 1.31. The Morgan fingerprint density at radius 3 is 2.48 bits per heavy atom. The van der Waals surface area contributed by atoms with Gasteiger partial charge in [0.25, 0.3) is 0 Å². The Kier molecular flexibility index (Phi) is 2.83. The summed E-state index contributed by atoms with van der Waals surface area (Å²) in [7, 11) is 0. The molecule has 21 heavy (non-hydrogen) atoms. The molecule has 0 spiro atoms. The fourth-order valence-corrected chi connectivity index (χ4v) is 3.67. The minimum atomic E-state index is -0.192. The van der Waals surface area contributed by atoms with Crippen LogP contribution in [0.1, 0.15) is 43.6 Å². The van der Waals surface area contributed by atoms with Gasteiger partial charge in [-0.15, -0.1) is 0 Å². The lowest BCUT2D eigenvalue weighted by atomic mass is 9.78. The molecule has 2 heteroatoms. The molecule has 4 rings (SSSR count).